The number of aryl methyl sites for hydroxylation is 1. The topological polar surface area (TPSA) is 83.7 Å². The molecule has 8 heteroatoms. The summed E-state index contributed by atoms with van der Waals surface area (Å²) in [6.07, 6.45) is 5.06. The predicted molar refractivity (Wildman–Crippen MR) is 177 cm³/mol. The molecule has 1 aliphatic heterocycles. The van der Waals surface area contributed by atoms with Crippen molar-refractivity contribution in [2.24, 2.45) is 0 Å². The van der Waals surface area contributed by atoms with Gasteiger partial charge in [-0.05, 0) is 79.6 Å². The monoisotopic (exact) mass is 599 g/mol. The number of amides is 1. The van der Waals surface area contributed by atoms with E-state index >= 15 is 0 Å². The maximum Gasteiger partial charge on any atom is 0.211 e. The largest absolute Gasteiger partial charge is 0.398 e. The van der Waals surface area contributed by atoms with Gasteiger partial charge in [0.1, 0.15) is 0 Å². The normalized spacial score (nSPS) is 16.1. The van der Waals surface area contributed by atoms with E-state index in [2.05, 4.69) is 69.5 Å². The minimum atomic E-state index is 0.285. The molecule has 2 heterocycles. The highest BCUT2D eigenvalue weighted by atomic mass is 35.5. The second-order valence-corrected chi connectivity index (χ2v) is 11.5. The Balaban J connectivity index is 0.000000180. The molecule has 1 saturated heterocycles. The molecule has 0 radical (unpaired) electrons. The molecule has 1 amide bonds. The van der Waals surface area contributed by atoms with Crippen molar-refractivity contribution in [3.63, 3.8) is 0 Å². The fourth-order valence-electron chi connectivity index (χ4n) is 6.10. The number of aromatic nitrogens is 1. The number of benzene rings is 3. The smallest absolute Gasteiger partial charge is 0.211 e. The minimum Gasteiger partial charge on any atom is -0.398 e. The van der Waals surface area contributed by atoms with Crippen molar-refractivity contribution in [2.45, 2.75) is 38.6 Å². The molecule has 226 valence electrons. The lowest BCUT2D eigenvalue weighted by atomic mass is 9.93. The molecule has 0 spiro atoms. The zero-order valence-electron chi connectivity index (χ0n) is 25.0. The van der Waals surface area contributed by atoms with Crippen LogP contribution in [0.5, 0.6) is 0 Å². The fraction of sp³-hybridized carbons (Fsp3) is 0.371. The van der Waals surface area contributed by atoms with Crippen molar-refractivity contribution in [2.75, 3.05) is 57.0 Å². The van der Waals surface area contributed by atoms with Gasteiger partial charge < -0.3 is 15.8 Å². The lowest BCUT2D eigenvalue weighted by Crippen LogP contribution is -2.48. The number of halogens is 1. The van der Waals surface area contributed by atoms with Crippen LogP contribution < -0.4 is 11.1 Å². The number of nitrogens with zero attached hydrogens (tertiary/aromatic N) is 3. The van der Waals surface area contributed by atoms with E-state index < -0.39 is 0 Å². The molecule has 4 aromatic rings. The van der Waals surface area contributed by atoms with E-state index in [1.807, 2.05) is 30.3 Å². The second kappa shape index (κ2) is 15.3. The van der Waals surface area contributed by atoms with Gasteiger partial charge in [0.2, 0.25) is 6.41 Å². The Labute approximate surface area is 260 Å². The van der Waals surface area contributed by atoms with E-state index in [1.54, 1.807) is 0 Å². The van der Waals surface area contributed by atoms with Crippen LogP contribution >= 0.6 is 11.6 Å². The third-order valence-electron chi connectivity index (χ3n) is 8.36. The molecule has 6 rings (SSSR count). The van der Waals surface area contributed by atoms with E-state index in [1.165, 1.54) is 29.5 Å². The van der Waals surface area contributed by atoms with Crippen LogP contribution in [0.1, 0.15) is 48.2 Å². The first-order chi connectivity index (χ1) is 21.1. The molecule has 1 aromatic heterocycles. The number of ether oxygens (including phenoxy) is 1. The molecule has 2 aliphatic rings. The first-order valence-corrected chi connectivity index (χ1v) is 15.7. The molecule has 3 aromatic carbocycles. The molecule has 0 bridgehead atoms. The van der Waals surface area contributed by atoms with E-state index in [0.717, 1.165) is 91.8 Å². The molecule has 3 N–H and O–H groups in total. The van der Waals surface area contributed by atoms with Gasteiger partial charge in [0, 0.05) is 66.8 Å². The van der Waals surface area contributed by atoms with E-state index in [-0.39, 0.29) is 6.04 Å². The lowest BCUT2D eigenvalue weighted by Gasteiger charge is -2.39. The molecular weight excluding hydrogens is 558 g/mol. The van der Waals surface area contributed by atoms with Gasteiger partial charge in [0.25, 0.3) is 0 Å². The van der Waals surface area contributed by atoms with Crippen molar-refractivity contribution in [1.82, 2.24) is 14.8 Å². The third-order valence-corrected chi connectivity index (χ3v) is 8.61. The number of anilines is 2. The highest BCUT2D eigenvalue weighted by Crippen LogP contribution is 2.33. The van der Waals surface area contributed by atoms with Crippen molar-refractivity contribution in [3.05, 3.63) is 100 Å². The van der Waals surface area contributed by atoms with Crippen molar-refractivity contribution in [1.29, 1.82) is 0 Å². The Morgan fingerprint density at radius 2 is 1.70 bits per heavy atom. The van der Waals surface area contributed by atoms with Crippen LogP contribution in [0.4, 0.5) is 11.4 Å². The number of rotatable bonds is 9. The van der Waals surface area contributed by atoms with Gasteiger partial charge in [0.05, 0.1) is 18.2 Å². The SMILES string of the molecule is CCOCCN1CCN(C(c2ccccc2)c2ccc(Cl)cc2)CC1.Nc1c2c(nc3ccc(NC=O)cc13)CCCC2. The summed E-state index contributed by atoms with van der Waals surface area (Å²) in [6, 6.07) is 25.0. The maximum atomic E-state index is 10.5. The van der Waals surface area contributed by atoms with Gasteiger partial charge in [-0.15, -0.1) is 0 Å². The number of nitrogens with one attached hydrogen (secondary N) is 1. The molecule has 1 unspecified atom stereocenters. The highest BCUT2D eigenvalue weighted by Gasteiger charge is 2.26. The second-order valence-electron chi connectivity index (χ2n) is 11.1. The number of carbonyl (C=O) groups is 1. The Bertz CT molecular complexity index is 1470. The minimum absolute atomic E-state index is 0.285. The number of nitrogen functional groups attached to an aromatic ring is 1. The van der Waals surface area contributed by atoms with Gasteiger partial charge in [-0.25, -0.2) is 0 Å². The van der Waals surface area contributed by atoms with Crippen LogP contribution in [0.25, 0.3) is 10.9 Å². The van der Waals surface area contributed by atoms with Crippen molar-refractivity contribution < 1.29 is 9.53 Å². The number of hydrogen-bond acceptors (Lipinski definition) is 6. The number of carbonyl (C=O) groups excluding carboxylic acids is 1. The van der Waals surface area contributed by atoms with E-state index in [9.17, 15) is 4.79 Å². The maximum absolute atomic E-state index is 10.5. The van der Waals surface area contributed by atoms with Crippen molar-refractivity contribution in [3.8, 4) is 0 Å². The molecule has 1 atom stereocenters. The van der Waals surface area contributed by atoms with Crippen LogP contribution in [0, 0.1) is 0 Å². The zero-order chi connectivity index (χ0) is 30.0. The highest BCUT2D eigenvalue weighted by molar-refractivity contribution is 6.30. The number of fused-ring (bicyclic) bond motifs is 2. The van der Waals surface area contributed by atoms with Crippen LogP contribution in [0.15, 0.2) is 72.8 Å². The van der Waals surface area contributed by atoms with Gasteiger partial charge in [-0.1, -0.05) is 54.1 Å². The summed E-state index contributed by atoms with van der Waals surface area (Å²) in [5, 5.41) is 4.36. The fourth-order valence-corrected chi connectivity index (χ4v) is 6.22. The number of pyridine rings is 1. The first kappa shape index (κ1) is 31.0. The Kier molecular flexibility index (Phi) is 11.0. The summed E-state index contributed by atoms with van der Waals surface area (Å²) in [5.41, 5.74) is 13.7. The number of hydrogen-bond donors (Lipinski definition) is 2. The zero-order valence-corrected chi connectivity index (χ0v) is 25.7. The third kappa shape index (κ3) is 7.92. The Morgan fingerprint density at radius 3 is 2.42 bits per heavy atom. The molecule has 1 aliphatic carbocycles. The molecule has 43 heavy (non-hydrogen) atoms. The number of piperazine rings is 1. The van der Waals surface area contributed by atoms with Crippen LogP contribution in [-0.2, 0) is 22.4 Å². The summed E-state index contributed by atoms with van der Waals surface area (Å²) in [4.78, 5) is 20.2. The Hall–Kier alpha value is -3.49. The predicted octanol–water partition coefficient (Wildman–Crippen LogP) is 6.35. The summed E-state index contributed by atoms with van der Waals surface area (Å²) in [6.45, 7) is 9.01. The van der Waals surface area contributed by atoms with Crippen LogP contribution in [-0.4, -0.2) is 67.1 Å². The summed E-state index contributed by atoms with van der Waals surface area (Å²) >= 11 is 6.10. The first-order valence-electron chi connectivity index (χ1n) is 15.3. The average molecular weight is 600 g/mol. The number of nitrogens with two attached hydrogens (primary N) is 1. The van der Waals surface area contributed by atoms with Gasteiger partial charge in [-0.2, -0.15) is 0 Å². The average Bonchev–Trinajstić information content (AvgIpc) is 3.04. The lowest BCUT2D eigenvalue weighted by molar-refractivity contribution is -0.105. The van der Waals surface area contributed by atoms with Crippen LogP contribution in [0.2, 0.25) is 5.02 Å². The molecule has 1 fully saturated rings. The molecule has 0 saturated carbocycles. The molecule has 7 nitrogen and oxygen atoms in total. The summed E-state index contributed by atoms with van der Waals surface area (Å²) in [5.74, 6) is 0. The summed E-state index contributed by atoms with van der Waals surface area (Å²) < 4.78 is 5.49. The standard InChI is InChI=1S/C21H27ClN2O.C14H15N3O/c1-2-25-17-16-23-12-14-24(15-13-23)21(18-6-4-3-5-7-18)19-8-10-20(22)11-9-19;15-14-10-3-1-2-4-12(10)17-13-6-5-9(16-8-18)7-11(13)14/h3-11,21H,2,12-17H2,1H3;5-8H,1-4H2,(H2,15,17)(H,16,18). The van der Waals surface area contributed by atoms with E-state index in [0.29, 0.717) is 6.41 Å². The van der Waals surface area contributed by atoms with Gasteiger partial charge in [0.15, 0.2) is 0 Å². The van der Waals surface area contributed by atoms with Crippen molar-refractivity contribution >= 4 is 40.3 Å². The van der Waals surface area contributed by atoms with Gasteiger partial charge >= 0.3 is 0 Å². The van der Waals surface area contributed by atoms with Gasteiger partial charge in [-0.3, -0.25) is 19.6 Å². The van der Waals surface area contributed by atoms with E-state index in [4.69, 9.17) is 22.1 Å². The quantitative estimate of drug-likeness (QED) is 0.172. The Morgan fingerprint density at radius 1 is 0.977 bits per heavy atom. The molecular formula is C35H42ClN5O2. The van der Waals surface area contributed by atoms with Crippen LogP contribution in [0.3, 0.4) is 0 Å². The summed E-state index contributed by atoms with van der Waals surface area (Å²) in [7, 11) is 0.